The SMILES string of the molecule is CSc1nc2nc(C)c(CC(=O)OCc3nc4ccccc4nc3C)c(C)n2n1. The molecule has 3 heterocycles. The standard InChI is InChI=1S/C20H20N6O2S/c1-11-14(13(3)26-19(22-11)24-20(25-26)29-4)9-18(27)28-10-17-12(2)21-15-7-5-6-8-16(15)23-17/h5-8H,9-10H2,1-4H3. The predicted octanol–water partition coefficient (Wildman–Crippen LogP) is 3.00. The maximum absolute atomic E-state index is 12.5. The summed E-state index contributed by atoms with van der Waals surface area (Å²) in [6, 6.07) is 7.63. The van der Waals surface area contributed by atoms with Crippen LogP contribution >= 0.6 is 11.8 Å². The molecule has 0 spiro atoms. The molecule has 0 saturated carbocycles. The molecule has 0 atom stereocenters. The van der Waals surface area contributed by atoms with Crippen molar-refractivity contribution in [3.8, 4) is 0 Å². The quantitative estimate of drug-likeness (QED) is 0.367. The van der Waals surface area contributed by atoms with Crippen molar-refractivity contribution in [1.29, 1.82) is 0 Å². The first-order chi connectivity index (χ1) is 14.0. The van der Waals surface area contributed by atoms with E-state index in [9.17, 15) is 4.79 Å². The zero-order valence-corrected chi connectivity index (χ0v) is 17.4. The summed E-state index contributed by atoms with van der Waals surface area (Å²) < 4.78 is 7.16. The maximum Gasteiger partial charge on any atom is 0.310 e. The van der Waals surface area contributed by atoms with Gasteiger partial charge in [0, 0.05) is 17.0 Å². The fourth-order valence-electron chi connectivity index (χ4n) is 3.14. The molecule has 0 amide bonds. The summed E-state index contributed by atoms with van der Waals surface area (Å²) in [5.41, 5.74) is 5.37. The third-order valence-electron chi connectivity index (χ3n) is 4.75. The molecule has 29 heavy (non-hydrogen) atoms. The number of nitrogens with zero attached hydrogens (tertiary/aromatic N) is 6. The summed E-state index contributed by atoms with van der Waals surface area (Å²) in [5.74, 6) is 0.181. The molecule has 0 aliphatic heterocycles. The average Bonchev–Trinajstić information content (AvgIpc) is 3.12. The van der Waals surface area contributed by atoms with Crippen molar-refractivity contribution in [1.82, 2.24) is 29.5 Å². The van der Waals surface area contributed by atoms with E-state index in [1.165, 1.54) is 11.8 Å². The fraction of sp³-hybridized carbons (Fsp3) is 0.300. The number of hydrogen-bond acceptors (Lipinski definition) is 8. The summed E-state index contributed by atoms with van der Waals surface area (Å²) in [5, 5.41) is 5.05. The third-order valence-corrected chi connectivity index (χ3v) is 5.28. The molecule has 1 aromatic carbocycles. The van der Waals surface area contributed by atoms with E-state index in [-0.39, 0.29) is 19.0 Å². The number of hydrogen-bond donors (Lipinski definition) is 0. The lowest BCUT2D eigenvalue weighted by molar-refractivity contribution is -0.144. The molecule has 0 bridgehead atoms. The molecule has 3 aromatic heterocycles. The maximum atomic E-state index is 12.5. The zero-order valence-electron chi connectivity index (χ0n) is 16.6. The number of carbonyl (C=O) groups is 1. The van der Waals surface area contributed by atoms with Crippen molar-refractivity contribution in [2.75, 3.05) is 6.26 Å². The summed E-state index contributed by atoms with van der Waals surface area (Å²) in [4.78, 5) is 30.4. The molecule has 4 aromatic rings. The number of aryl methyl sites for hydroxylation is 3. The van der Waals surface area contributed by atoms with Gasteiger partial charge in [0.15, 0.2) is 0 Å². The first-order valence-electron chi connectivity index (χ1n) is 9.11. The van der Waals surface area contributed by atoms with Crippen LogP contribution in [0.15, 0.2) is 29.4 Å². The molecule has 0 aliphatic rings. The highest BCUT2D eigenvalue weighted by Gasteiger charge is 2.17. The molecule has 9 heteroatoms. The molecular formula is C20H20N6O2S. The van der Waals surface area contributed by atoms with Gasteiger partial charge >= 0.3 is 5.97 Å². The van der Waals surface area contributed by atoms with Gasteiger partial charge in [-0.3, -0.25) is 4.79 Å². The van der Waals surface area contributed by atoms with Crippen molar-refractivity contribution in [3.63, 3.8) is 0 Å². The van der Waals surface area contributed by atoms with Gasteiger partial charge in [0.25, 0.3) is 5.78 Å². The van der Waals surface area contributed by atoms with Gasteiger partial charge in [-0.1, -0.05) is 23.9 Å². The third kappa shape index (κ3) is 3.77. The Morgan fingerprint density at radius 1 is 1.03 bits per heavy atom. The highest BCUT2D eigenvalue weighted by Crippen LogP contribution is 2.18. The lowest BCUT2D eigenvalue weighted by Gasteiger charge is -2.11. The summed E-state index contributed by atoms with van der Waals surface area (Å²) >= 11 is 1.45. The van der Waals surface area contributed by atoms with Crippen molar-refractivity contribution < 1.29 is 9.53 Å². The lowest BCUT2D eigenvalue weighted by Crippen LogP contribution is -2.14. The molecule has 148 valence electrons. The van der Waals surface area contributed by atoms with Crippen LogP contribution in [0.25, 0.3) is 16.8 Å². The second-order valence-corrected chi connectivity index (χ2v) is 7.43. The average molecular weight is 408 g/mol. The van der Waals surface area contributed by atoms with Crippen LogP contribution in [-0.2, 0) is 22.6 Å². The molecule has 0 unspecified atom stereocenters. The predicted molar refractivity (Wildman–Crippen MR) is 110 cm³/mol. The van der Waals surface area contributed by atoms with Gasteiger partial charge in [0.1, 0.15) is 6.61 Å². The molecule has 8 nitrogen and oxygen atoms in total. The molecule has 0 aliphatic carbocycles. The Kier molecular flexibility index (Phi) is 5.14. The van der Waals surface area contributed by atoms with Crippen LogP contribution in [0.3, 0.4) is 0 Å². The number of rotatable bonds is 5. The van der Waals surface area contributed by atoms with Crippen LogP contribution in [0, 0.1) is 20.8 Å². The summed E-state index contributed by atoms with van der Waals surface area (Å²) in [6.07, 6.45) is 2.02. The topological polar surface area (TPSA) is 95.2 Å². The summed E-state index contributed by atoms with van der Waals surface area (Å²) in [6.45, 7) is 5.71. The zero-order chi connectivity index (χ0) is 20.5. The van der Waals surface area contributed by atoms with E-state index in [0.29, 0.717) is 16.6 Å². The number of carbonyl (C=O) groups excluding carboxylic acids is 1. The minimum Gasteiger partial charge on any atom is -0.459 e. The van der Waals surface area contributed by atoms with E-state index < -0.39 is 0 Å². The Hall–Kier alpha value is -3.07. The smallest absolute Gasteiger partial charge is 0.310 e. The Balaban J connectivity index is 1.52. The highest BCUT2D eigenvalue weighted by molar-refractivity contribution is 7.98. The second kappa shape index (κ2) is 7.75. The number of ether oxygens (including phenoxy) is 1. The minimum absolute atomic E-state index is 0.0796. The van der Waals surface area contributed by atoms with E-state index in [2.05, 4.69) is 25.0 Å². The van der Waals surface area contributed by atoms with E-state index in [4.69, 9.17) is 4.74 Å². The van der Waals surface area contributed by atoms with Gasteiger partial charge in [-0.15, -0.1) is 5.10 Å². The van der Waals surface area contributed by atoms with Gasteiger partial charge in [-0.2, -0.15) is 4.98 Å². The van der Waals surface area contributed by atoms with Crippen LogP contribution in [0.4, 0.5) is 0 Å². The van der Waals surface area contributed by atoms with Gasteiger partial charge in [0.05, 0.1) is 28.8 Å². The molecule has 0 fully saturated rings. The lowest BCUT2D eigenvalue weighted by atomic mass is 10.1. The number of benzene rings is 1. The van der Waals surface area contributed by atoms with Crippen LogP contribution < -0.4 is 0 Å². The van der Waals surface area contributed by atoms with E-state index in [1.807, 2.05) is 51.3 Å². The molecule has 0 N–H and O–H groups in total. The van der Waals surface area contributed by atoms with Crippen LogP contribution in [0.5, 0.6) is 0 Å². The van der Waals surface area contributed by atoms with E-state index in [0.717, 1.165) is 33.7 Å². The normalized spacial score (nSPS) is 11.3. The van der Waals surface area contributed by atoms with Gasteiger partial charge in [0.2, 0.25) is 5.16 Å². The van der Waals surface area contributed by atoms with Crippen LogP contribution in [-0.4, -0.2) is 41.8 Å². The highest BCUT2D eigenvalue weighted by atomic mass is 32.2. The van der Waals surface area contributed by atoms with Crippen molar-refractivity contribution in [2.45, 2.75) is 39.0 Å². The molecule has 0 radical (unpaired) electrons. The van der Waals surface area contributed by atoms with Crippen molar-refractivity contribution in [3.05, 3.63) is 52.6 Å². The number of thioether (sulfide) groups is 1. The van der Waals surface area contributed by atoms with Gasteiger partial charge in [-0.25, -0.2) is 19.5 Å². The number of fused-ring (bicyclic) bond motifs is 2. The van der Waals surface area contributed by atoms with Crippen LogP contribution in [0.2, 0.25) is 0 Å². The Morgan fingerprint density at radius 3 is 2.48 bits per heavy atom. The Bertz CT molecular complexity index is 1240. The summed E-state index contributed by atoms with van der Waals surface area (Å²) in [7, 11) is 0. The van der Waals surface area contributed by atoms with Gasteiger partial charge in [-0.05, 0) is 39.2 Å². The minimum atomic E-state index is -0.350. The largest absolute Gasteiger partial charge is 0.459 e. The van der Waals surface area contributed by atoms with E-state index >= 15 is 0 Å². The molecule has 4 rings (SSSR count). The van der Waals surface area contributed by atoms with Crippen molar-refractivity contribution >= 4 is 34.5 Å². The monoisotopic (exact) mass is 408 g/mol. The molecule has 0 saturated heterocycles. The number of aromatic nitrogens is 6. The number of para-hydroxylation sites is 2. The second-order valence-electron chi connectivity index (χ2n) is 6.65. The van der Waals surface area contributed by atoms with Gasteiger partial charge < -0.3 is 4.74 Å². The first-order valence-corrected chi connectivity index (χ1v) is 10.3. The molecular weight excluding hydrogens is 388 g/mol. The van der Waals surface area contributed by atoms with Crippen LogP contribution in [0.1, 0.15) is 28.3 Å². The Labute approximate surface area is 171 Å². The Morgan fingerprint density at radius 2 is 1.76 bits per heavy atom. The number of esters is 1. The van der Waals surface area contributed by atoms with E-state index in [1.54, 1.807) is 4.52 Å². The first kappa shape index (κ1) is 19.3. The van der Waals surface area contributed by atoms with Crippen molar-refractivity contribution in [2.24, 2.45) is 0 Å². The fourth-order valence-corrected chi connectivity index (χ4v) is 3.47.